The minimum Gasteiger partial charge on any atom is -0.508 e. The van der Waals surface area contributed by atoms with Crippen LogP contribution < -0.4 is 10.9 Å². The third-order valence-electron chi connectivity index (χ3n) is 4.90. The van der Waals surface area contributed by atoms with Crippen molar-refractivity contribution in [2.45, 2.75) is 32.2 Å². The number of sulfonamides is 1. The number of benzene rings is 2. The second kappa shape index (κ2) is 8.26. The number of anilines is 1. The van der Waals surface area contributed by atoms with E-state index in [1.807, 2.05) is 0 Å². The maximum atomic E-state index is 12.6. The van der Waals surface area contributed by atoms with Crippen molar-refractivity contribution in [3.8, 4) is 5.75 Å². The number of rotatable bonds is 7. The van der Waals surface area contributed by atoms with Crippen molar-refractivity contribution >= 4 is 26.7 Å². The van der Waals surface area contributed by atoms with Gasteiger partial charge in [0.15, 0.2) is 0 Å². The Bertz CT molecular complexity index is 1180. The maximum Gasteiger partial charge on any atom is 0.336 e. The van der Waals surface area contributed by atoms with E-state index in [0.717, 1.165) is 16.6 Å². The Balaban J connectivity index is 1.84. The molecule has 1 aromatic heterocycles. The van der Waals surface area contributed by atoms with E-state index in [2.05, 4.69) is 5.32 Å². The first-order valence-corrected chi connectivity index (χ1v) is 10.8. The van der Waals surface area contributed by atoms with Crippen LogP contribution in [0.1, 0.15) is 25.0 Å². The Morgan fingerprint density at radius 3 is 2.34 bits per heavy atom. The van der Waals surface area contributed by atoms with Gasteiger partial charge in [-0.3, -0.25) is 0 Å². The van der Waals surface area contributed by atoms with E-state index in [4.69, 9.17) is 4.42 Å². The molecule has 2 N–H and O–H groups in total. The molecule has 0 saturated carbocycles. The van der Waals surface area contributed by atoms with Gasteiger partial charge in [0.1, 0.15) is 11.3 Å². The first kappa shape index (κ1) is 20.9. The quantitative estimate of drug-likeness (QED) is 0.572. The zero-order valence-electron chi connectivity index (χ0n) is 16.6. The molecule has 0 aliphatic carbocycles. The van der Waals surface area contributed by atoms with Gasteiger partial charge in [-0.25, -0.2) is 13.2 Å². The van der Waals surface area contributed by atoms with E-state index in [1.165, 1.54) is 10.4 Å². The van der Waals surface area contributed by atoms with Crippen LogP contribution in [0.2, 0.25) is 0 Å². The number of fused-ring (bicyclic) bond motifs is 1. The molecular weight excluding hydrogens is 392 g/mol. The van der Waals surface area contributed by atoms with Crippen molar-refractivity contribution < 1.29 is 17.9 Å². The summed E-state index contributed by atoms with van der Waals surface area (Å²) in [7, 11) is -3.50. The second-order valence-corrected chi connectivity index (χ2v) is 8.58. The van der Waals surface area contributed by atoms with E-state index in [-0.39, 0.29) is 10.6 Å². The fraction of sp³-hybridized carbons (Fsp3) is 0.286. The summed E-state index contributed by atoms with van der Waals surface area (Å²) in [6.45, 7) is 6.47. The van der Waals surface area contributed by atoms with Crippen molar-refractivity contribution in [1.82, 2.24) is 4.31 Å². The lowest BCUT2D eigenvalue weighted by molar-refractivity contribution is 0.445. The molecule has 0 atom stereocenters. The van der Waals surface area contributed by atoms with Gasteiger partial charge < -0.3 is 14.8 Å². The molecule has 154 valence electrons. The van der Waals surface area contributed by atoms with Crippen LogP contribution in [0.15, 0.2) is 56.6 Å². The summed E-state index contributed by atoms with van der Waals surface area (Å²) in [5.41, 5.74) is 1.81. The molecule has 0 unspecified atom stereocenters. The SMILES string of the molecule is CCN(CC)S(=O)(=O)c1ccc(NCc2cc(=O)oc3c(C)c(O)ccc23)cc1. The predicted octanol–water partition coefficient (Wildman–Crippen LogP) is 3.45. The lowest BCUT2D eigenvalue weighted by Crippen LogP contribution is -2.30. The molecule has 2 aromatic carbocycles. The molecule has 0 aliphatic heterocycles. The van der Waals surface area contributed by atoms with Gasteiger partial charge in [0, 0.05) is 42.3 Å². The number of hydrogen-bond donors (Lipinski definition) is 2. The summed E-state index contributed by atoms with van der Waals surface area (Å²) in [5.74, 6) is 0.0655. The standard InChI is InChI=1S/C21H24N2O5S/c1-4-23(5-2)29(26,27)17-8-6-16(7-9-17)22-13-15-12-20(25)28-21-14(3)19(24)11-10-18(15)21/h6-12,22,24H,4-5,13H2,1-3H3. The van der Waals surface area contributed by atoms with Gasteiger partial charge in [-0.1, -0.05) is 13.8 Å². The van der Waals surface area contributed by atoms with Gasteiger partial charge in [-0.05, 0) is 48.9 Å². The van der Waals surface area contributed by atoms with Crippen molar-refractivity contribution in [1.29, 1.82) is 0 Å². The van der Waals surface area contributed by atoms with E-state index in [0.29, 0.717) is 30.8 Å². The largest absolute Gasteiger partial charge is 0.508 e. The molecule has 0 amide bonds. The third-order valence-corrected chi connectivity index (χ3v) is 6.96. The zero-order valence-corrected chi connectivity index (χ0v) is 17.4. The predicted molar refractivity (Wildman–Crippen MR) is 113 cm³/mol. The van der Waals surface area contributed by atoms with E-state index < -0.39 is 15.6 Å². The maximum absolute atomic E-state index is 12.6. The number of nitrogens with zero attached hydrogens (tertiary/aromatic N) is 1. The summed E-state index contributed by atoms with van der Waals surface area (Å²) >= 11 is 0. The van der Waals surface area contributed by atoms with Gasteiger partial charge in [0.25, 0.3) is 0 Å². The molecule has 3 rings (SSSR count). The number of aryl methyl sites for hydroxylation is 1. The molecule has 0 fully saturated rings. The van der Waals surface area contributed by atoms with Crippen LogP contribution in [0.4, 0.5) is 5.69 Å². The highest BCUT2D eigenvalue weighted by atomic mass is 32.2. The van der Waals surface area contributed by atoms with E-state index >= 15 is 0 Å². The van der Waals surface area contributed by atoms with Crippen LogP contribution in [0, 0.1) is 6.92 Å². The monoisotopic (exact) mass is 416 g/mol. The highest BCUT2D eigenvalue weighted by molar-refractivity contribution is 7.89. The minimum absolute atomic E-state index is 0.0655. The summed E-state index contributed by atoms with van der Waals surface area (Å²) in [6, 6.07) is 11.2. The van der Waals surface area contributed by atoms with Crippen LogP contribution in [0.25, 0.3) is 11.0 Å². The molecule has 0 saturated heterocycles. The van der Waals surface area contributed by atoms with E-state index in [9.17, 15) is 18.3 Å². The molecule has 0 radical (unpaired) electrons. The smallest absolute Gasteiger partial charge is 0.336 e. The van der Waals surface area contributed by atoms with Gasteiger partial charge >= 0.3 is 5.63 Å². The summed E-state index contributed by atoms with van der Waals surface area (Å²) in [4.78, 5) is 12.1. The minimum atomic E-state index is -3.50. The first-order chi connectivity index (χ1) is 13.8. The summed E-state index contributed by atoms with van der Waals surface area (Å²) < 4.78 is 31.8. The fourth-order valence-electron chi connectivity index (χ4n) is 3.22. The first-order valence-electron chi connectivity index (χ1n) is 9.37. The van der Waals surface area contributed by atoms with Crippen LogP contribution in [0.5, 0.6) is 5.75 Å². The molecule has 3 aromatic rings. The Kier molecular flexibility index (Phi) is 5.95. The van der Waals surface area contributed by atoms with Crippen molar-refractivity contribution in [3.05, 3.63) is 64.0 Å². The molecular formula is C21H24N2O5S. The van der Waals surface area contributed by atoms with Gasteiger partial charge in [-0.15, -0.1) is 0 Å². The summed E-state index contributed by atoms with van der Waals surface area (Å²) in [5, 5.41) is 13.8. The average Bonchev–Trinajstić information content (AvgIpc) is 2.70. The lowest BCUT2D eigenvalue weighted by atomic mass is 10.1. The number of phenolic OH excluding ortho intramolecular Hbond substituents is 1. The van der Waals surface area contributed by atoms with E-state index in [1.54, 1.807) is 57.2 Å². The Labute approximate surface area is 169 Å². The van der Waals surface area contributed by atoms with Gasteiger partial charge in [0.2, 0.25) is 10.0 Å². The van der Waals surface area contributed by atoms with Crippen LogP contribution in [0.3, 0.4) is 0 Å². The van der Waals surface area contributed by atoms with Gasteiger partial charge in [0.05, 0.1) is 4.90 Å². The van der Waals surface area contributed by atoms with Gasteiger partial charge in [-0.2, -0.15) is 4.31 Å². The molecule has 8 heteroatoms. The number of aromatic hydroxyl groups is 1. The molecule has 29 heavy (non-hydrogen) atoms. The highest BCUT2D eigenvalue weighted by Gasteiger charge is 2.21. The van der Waals surface area contributed by atoms with Crippen molar-refractivity contribution in [2.75, 3.05) is 18.4 Å². The second-order valence-electron chi connectivity index (χ2n) is 6.64. The summed E-state index contributed by atoms with van der Waals surface area (Å²) in [6.07, 6.45) is 0. The molecule has 0 spiro atoms. The fourth-order valence-corrected chi connectivity index (χ4v) is 4.67. The van der Waals surface area contributed by atoms with Crippen molar-refractivity contribution in [3.63, 3.8) is 0 Å². The Morgan fingerprint density at radius 1 is 1.07 bits per heavy atom. The average molecular weight is 416 g/mol. The zero-order chi connectivity index (χ0) is 21.2. The normalized spacial score (nSPS) is 11.9. The number of phenols is 1. The van der Waals surface area contributed by atoms with Crippen LogP contribution in [-0.2, 0) is 16.6 Å². The molecule has 7 nitrogen and oxygen atoms in total. The highest BCUT2D eigenvalue weighted by Crippen LogP contribution is 2.28. The molecule has 0 aliphatic rings. The topological polar surface area (TPSA) is 99.9 Å². The van der Waals surface area contributed by atoms with Crippen molar-refractivity contribution in [2.24, 2.45) is 0 Å². The molecule has 1 heterocycles. The number of hydrogen-bond acceptors (Lipinski definition) is 6. The lowest BCUT2D eigenvalue weighted by Gasteiger charge is -2.18. The van der Waals surface area contributed by atoms with Crippen LogP contribution in [-0.4, -0.2) is 30.9 Å². The number of nitrogens with one attached hydrogen (secondary N) is 1. The Morgan fingerprint density at radius 2 is 1.72 bits per heavy atom. The third kappa shape index (κ3) is 4.13. The Hall–Kier alpha value is -2.84. The van der Waals surface area contributed by atoms with Crippen LogP contribution >= 0.6 is 0 Å². The molecule has 0 bridgehead atoms.